The number of hydrogen-bond donors (Lipinski definition) is 2. The molecular formula is C12H17BrN2O3. The van der Waals surface area contributed by atoms with Crippen LogP contribution < -0.4 is 5.32 Å². The van der Waals surface area contributed by atoms with Crippen LogP contribution in [0.3, 0.4) is 0 Å². The molecule has 18 heavy (non-hydrogen) atoms. The number of hydrogen-bond acceptors (Lipinski definition) is 5. The number of aromatic nitrogens is 1. The second kappa shape index (κ2) is 7.20. The average Bonchev–Trinajstić information content (AvgIpc) is 2.36. The molecule has 0 atom stereocenters. The minimum Gasteiger partial charge on any atom is -0.492 e. The number of rotatable bonds is 6. The van der Waals surface area contributed by atoms with Gasteiger partial charge in [-0.3, -0.25) is 0 Å². The zero-order chi connectivity index (χ0) is 13.5. The van der Waals surface area contributed by atoms with E-state index in [1.54, 1.807) is 0 Å². The van der Waals surface area contributed by atoms with Crippen molar-refractivity contribution in [2.24, 2.45) is 0 Å². The molecule has 0 amide bonds. The minimum atomic E-state index is -0.441. The van der Waals surface area contributed by atoms with Crippen molar-refractivity contribution in [3.63, 3.8) is 0 Å². The van der Waals surface area contributed by atoms with Gasteiger partial charge in [0.05, 0.1) is 11.1 Å². The van der Waals surface area contributed by atoms with Crippen LogP contribution in [-0.2, 0) is 4.74 Å². The average molecular weight is 317 g/mol. The van der Waals surface area contributed by atoms with Crippen molar-refractivity contribution in [3.05, 3.63) is 16.1 Å². The Morgan fingerprint density at radius 3 is 2.83 bits per heavy atom. The van der Waals surface area contributed by atoms with E-state index in [-0.39, 0.29) is 5.88 Å². The number of esters is 1. The van der Waals surface area contributed by atoms with Crippen molar-refractivity contribution in [2.75, 3.05) is 18.5 Å². The molecule has 0 spiro atoms. The minimum absolute atomic E-state index is 0.152. The van der Waals surface area contributed by atoms with Crippen molar-refractivity contribution < 1.29 is 14.6 Å². The molecule has 0 saturated heterocycles. The number of nitrogens with zero attached hydrogens (tertiary/aromatic N) is 1. The highest BCUT2D eigenvalue weighted by Gasteiger charge is 2.17. The SMILES string of the molecule is CCCNc1nc(O)c(Br)cc1C(=O)OCCC. The normalized spacial score (nSPS) is 10.2. The summed E-state index contributed by atoms with van der Waals surface area (Å²) in [5.41, 5.74) is 0.321. The summed E-state index contributed by atoms with van der Waals surface area (Å²) >= 11 is 3.14. The molecule has 0 radical (unpaired) electrons. The molecule has 6 heteroatoms. The van der Waals surface area contributed by atoms with Crippen molar-refractivity contribution in [2.45, 2.75) is 26.7 Å². The molecule has 2 N–H and O–H groups in total. The molecular weight excluding hydrogens is 300 g/mol. The zero-order valence-electron chi connectivity index (χ0n) is 10.5. The smallest absolute Gasteiger partial charge is 0.341 e. The van der Waals surface area contributed by atoms with Gasteiger partial charge in [-0.2, -0.15) is 4.98 Å². The van der Waals surface area contributed by atoms with E-state index < -0.39 is 5.97 Å². The Hall–Kier alpha value is -1.30. The van der Waals surface area contributed by atoms with E-state index in [1.165, 1.54) is 6.07 Å². The second-order valence-corrected chi connectivity index (χ2v) is 4.61. The third kappa shape index (κ3) is 3.87. The molecule has 0 aliphatic heterocycles. The first-order chi connectivity index (χ1) is 8.60. The lowest BCUT2D eigenvalue weighted by atomic mass is 10.2. The molecule has 0 unspecified atom stereocenters. The summed E-state index contributed by atoms with van der Waals surface area (Å²) in [6, 6.07) is 1.51. The lowest BCUT2D eigenvalue weighted by Crippen LogP contribution is -2.12. The molecule has 0 fully saturated rings. The van der Waals surface area contributed by atoms with E-state index >= 15 is 0 Å². The number of halogens is 1. The van der Waals surface area contributed by atoms with Gasteiger partial charge in [-0.05, 0) is 34.8 Å². The van der Waals surface area contributed by atoms with Gasteiger partial charge in [-0.15, -0.1) is 0 Å². The molecule has 5 nitrogen and oxygen atoms in total. The Kier molecular flexibility index (Phi) is 5.91. The number of pyridine rings is 1. The third-order valence-electron chi connectivity index (χ3n) is 2.16. The predicted molar refractivity (Wildman–Crippen MR) is 73.0 cm³/mol. The maximum Gasteiger partial charge on any atom is 0.341 e. The van der Waals surface area contributed by atoms with Gasteiger partial charge in [0.15, 0.2) is 0 Å². The quantitative estimate of drug-likeness (QED) is 0.789. The van der Waals surface area contributed by atoms with Gasteiger partial charge in [0.1, 0.15) is 11.4 Å². The Morgan fingerprint density at radius 2 is 2.22 bits per heavy atom. The second-order valence-electron chi connectivity index (χ2n) is 3.75. The molecule has 0 saturated carbocycles. The molecule has 1 rings (SSSR count). The van der Waals surface area contributed by atoms with Gasteiger partial charge >= 0.3 is 5.97 Å². The topological polar surface area (TPSA) is 71.5 Å². The lowest BCUT2D eigenvalue weighted by Gasteiger charge is -2.11. The van der Waals surface area contributed by atoms with Gasteiger partial charge < -0.3 is 15.2 Å². The van der Waals surface area contributed by atoms with Gasteiger partial charge in [0.2, 0.25) is 5.88 Å². The number of anilines is 1. The summed E-state index contributed by atoms with van der Waals surface area (Å²) in [6.07, 6.45) is 1.65. The lowest BCUT2D eigenvalue weighted by molar-refractivity contribution is 0.0505. The van der Waals surface area contributed by atoms with Gasteiger partial charge in [-0.1, -0.05) is 13.8 Å². The predicted octanol–water partition coefficient (Wildman–Crippen LogP) is 2.94. The standard InChI is InChI=1S/C12H17BrN2O3/c1-3-5-14-10-8(12(17)18-6-4-2)7-9(13)11(16)15-10/h7H,3-6H2,1-2H3,(H2,14,15,16). The molecule has 0 bridgehead atoms. The van der Waals surface area contributed by atoms with Crippen molar-refractivity contribution in [3.8, 4) is 5.88 Å². The summed E-state index contributed by atoms with van der Waals surface area (Å²) in [5.74, 6) is -0.247. The van der Waals surface area contributed by atoms with Gasteiger partial charge in [-0.25, -0.2) is 4.79 Å². The van der Waals surface area contributed by atoms with E-state index in [2.05, 4.69) is 26.2 Å². The Morgan fingerprint density at radius 1 is 1.50 bits per heavy atom. The maximum absolute atomic E-state index is 11.8. The van der Waals surface area contributed by atoms with Crippen LogP contribution in [0.5, 0.6) is 5.88 Å². The van der Waals surface area contributed by atoms with E-state index in [1.807, 2.05) is 13.8 Å². The zero-order valence-corrected chi connectivity index (χ0v) is 12.1. The van der Waals surface area contributed by atoms with Crippen molar-refractivity contribution in [1.29, 1.82) is 0 Å². The van der Waals surface area contributed by atoms with Crippen LogP contribution in [0.4, 0.5) is 5.82 Å². The summed E-state index contributed by atoms with van der Waals surface area (Å²) in [7, 11) is 0. The number of ether oxygens (including phenoxy) is 1. The van der Waals surface area contributed by atoms with E-state index in [0.717, 1.165) is 12.8 Å². The summed E-state index contributed by atoms with van der Waals surface area (Å²) in [4.78, 5) is 15.8. The molecule has 1 heterocycles. The van der Waals surface area contributed by atoms with E-state index in [9.17, 15) is 9.90 Å². The number of carbonyl (C=O) groups is 1. The summed E-state index contributed by atoms with van der Waals surface area (Å²) in [5, 5.41) is 12.5. The number of aromatic hydroxyl groups is 1. The number of nitrogens with one attached hydrogen (secondary N) is 1. The summed E-state index contributed by atoms with van der Waals surface area (Å²) in [6.45, 7) is 4.96. The highest BCUT2D eigenvalue weighted by Crippen LogP contribution is 2.27. The first-order valence-electron chi connectivity index (χ1n) is 5.90. The molecule has 100 valence electrons. The molecule has 0 aliphatic carbocycles. The Labute approximate surface area is 115 Å². The molecule has 0 aromatic carbocycles. The van der Waals surface area contributed by atoms with Crippen molar-refractivity contribution in [1.82, 2.24) is 4.98 Å². The molecule has 1 aromatic heterocycles. The van der Waals surface area contributed by atoms with Crippen LogP contribution in [-0.4, -0.2) is 29.2 Å². The van der Waals surface area contributed by atoms with Crippen LogP contribution in [0.2, 0.25) is 0 Å². The van der Waals surface area contributed by atoms with Crippen LogP contribution in [0.1, 0.15) is 37.0 Å². The largest absolute Gasteiger partial charge is 0.492 e. The highest BCUT2D eigenvalue weighted by molar-refractivity contribution is 9.10. The van der Waals surface area contributed by atoms with Crippen molar-refractivity contribution >= 4 is 27.7 Å². The van der Waals surface area contributed by atoms with Gasteiger partial charge in [0, 0.05) is 6.54 Å². The fourth-order valence-corrected chi connectivity index (χ4v) is 1.60. The van der Waals surface area contributed by atoms with Crippen LogP contribution in [0.25, 0.3) is 0 Å². The molecule has 0 aliphatic rings. The van der Waals surface area contributed by atoms with Gasteiger partial charge in [0.25, 0.3) is 0 Å². The molecule has 1 aromatic rings. The van der Waals surface area contributed by atoms with E-state index in [4.69, 9.17) is 4.74 Å². The highest BCUT2D eigenvalue weighted by atomic mass is 79.9. The fourth-order valence-electron chi connectivity index (χ4n) is 1.29. The first-order valence-corrected chi connectivity index (χ1v) is 6.69. The van der Waals surface area contributed by atoms with Crippen LogP contribution in [0.15, 0.2) is 10.5 Å². The fraction of sp³-hybridized carbons (Fsp3) is 0.500. The monoisotopic (exact) mass is 316 g/mol. The summed E-state index contributed by atoms with van der Waals surface area (Å²) < 4.78 is 5.44. The number of carbonyl (C=O) groups excluding carboxylic acids is 1. The Bertz CT molecular complexity index is 424. The maximum atomic E-state index is 11.8. The third-order valence-corrected chi connectivity index (χ3v) is 2.74. The van der Waals surface area contributed by atoms with E-state index in [0.29, 0.717) is 29.0 Å². The van der Waals surface area contributed by atoms with Crippen LogP contribution in [0, 0.1) is 0 Å². The first kappa shape index (κ1) is 14.8. The van der Waals surface area contributed by atoms with Crippen LogP contribution >= 0.6 is 15.9 Å². The Balaban J connectivity index is 2.98.